The summed E-state index contributed by atoms with van der Waals surface area (Å²) >= 11 is 0. The SMILES string of the molecule is c1cnc(-n2cncn2)c(NCc2ccncc2)c1. The van der Waals surface area contributed by atoms with Crippen LogP contribution in [-0.2, 0) is 6.54 Å². The molecule has 0 aliphatic heterocycles. The lowest BCUT2D eigenvalue weighted by molar-refractivity contribution is 0.844. The minimum absolute atomic E-state index is 0.704. The largest absolute Gasteiger partial charge is 0.378 e. The Morgan fingerprint density at radius 1 is 1.05 bits per heavy atom. The fourth-order valence-electron chi connectivity index (χ4n) is 1.73. The molecule has 0 aromatic carbocycles. The van der Waals surface area contributed by atoms with Crippen LogP contribution in [0.2, 0.25) is 0 Å². The smallest absolute Gasteiger partial charge is 0.178 e. The molecule has 3 rings (SSSR count). The molecular formula is C13H12N6. The van der Waals surface area contributed by atoms with Crippen LogP contribution >= 0.6 is 0 Å². The summed E-state index contributed by atoms with van der Waals surface area (Å²) in [6, 6.07) is 7.79. The standard InChI is InChI=1S/C13H12N6/c1-2-12(17-8-11-3-6-14-7-4-11)13(16-5-1)19-10-15-9-18-19/h1-7,9-10,17H,8H2. The Bertz CT molecular complexity index is 635. The van der Waals surface area contributed by atoms with Gasteiger partial charge in [0.15, 0.2) is 5.82 Å². The molecule has 3 aromatic heterocycles. The minimum atomic E-state index is 0.704. The molecule has 3 aromatic rings. The molecule has 6 heteroatoms. The van der Waals surface area contributed by atoms with Crippen LogP contribution < -0.4 is 5.32 Å². The van der Waals surface area contributed by atoms with Crippen molar-refractivity contribution in [2.45, 2.75) is 6.54 Å². The summed E-state index contributed by atoms with van der Waals surface area (Å²) in [5.74, 6) is 0.731. The summed E-state index contributed by atoms with van der Waals surface area (Å²) in [5, 5.41) is 7.43. The van der Waals surface area contributed by atoms with E-state index in [2.05, 4.69) is 25.4 Å². The quantitative estimate of drug-likeness (QED) is 0.765. The van der Waals surface area contributed by atoms with Gasteiger partial charge in [0.1, 0.15) is 12.7 Å². The first-order valence-corrected chi connectivity index (χ1v) is 5.86. The Morgan fingerprint density at radius 2 is 1.95 bits per heavy atom. The molecule has 0 aliphatic rings. The van der Waals surface area contributed by atoms with Gasteiger partial charge in [-0.2, -0.15) is 5.10 Å². The number of pyridine rings is 2. The monoisotopic (exact) mass is 252 g/mol. The average molecular weight is 252 g/mol. The van der Waals surface area contributed by atoms with Crippen molar-refractivity contribution >= 4 is 5.69 Å². The van der Waals surface area contributed by atoms with E-state index in [0.29, 0.717) is 6.54 Å². The summed E-state index contributed by atoms with van der Waals surface area (Å²) < 4.78 is 1.63. The maximum absolute atomic E-state index is 4.32. The first-order valence-electron chi connectivity index (χ1n) is 5.86. The van der Waals surface area contributed by atoms with E-state index in [9.17, 15) is 0 Å². The summed E-state index contributed by atoms with van der Waals surface area (Å²) in [5.41, 5.74) is 2.06. The molecule has 0 unspecified atom stereocenters. The van der Waals surface area contributed by atoms with Crippen LogP contribution in [0.25, 0.3) is 5.82 Å². The Balaban J connectivity index is 1.82. The Morgan fingerprint density at radius 3 is 2.74 bits per heavy atom. The molecule has 19 heavy (non-hydrogen) atoms. The van der Waals surface area contributed by atoms with Gasteiger partial charge >= 0.3 is 0 Å². The summed E-state index contributed by atoms with van der Waals surface area (Å²) in [4.78, 5) is 12.2. The van der Waals surface area contributed by atoms with E-state index >= 15 is 0 Å². The lowest BCUT2D eigenvalue weighted by Crippen LogP contribution is -2.06. The van der Waals surface area contributed by atoms with E-state index in [-0.39, 0.29) is 0 Å². The number of nitrogens with zero attached hydrogens (tertiary/aromatic N) is 5. The highest BCUT2D eigenvalue weighted by Crippen LogP contribution is 2.16. The third-order valence-electron chi connectivity index (χ3n) is 2.65. The third-order valence-corrected chi connectivity index (χ3v) is 2.65. The zero-order chi connectivity index (χ0) is 12.9. The van der Waals surface area contributed by atoms with E-state index in [0.717, 1.165) is 17.1 Å². The first kappa shape index (κ1) is 11.3. The molecule has 0 radical (unpaired) electrons. The number of anilines is 1. The van der Waals surface area contributed by atoms with Gasteiger partial charge in [0.25, 0.3) is 0 Å². The molecule has 94 valence electrons. The minimum Gasteiger partial charge on any atom is -0.378 e. The molecular weight excluding hydrogens is 240 g/mol. The first-order chi connectivity index (χ1) is 9.43. The number of hydrogen-bond acceptors (Lipinski definition) is 5. The third kappa shape index (κ3) is 2.57. The van der Waals surface area contributed by atoms with Crippen molar-refractivity contribution in [3.05, 3.63) is 61.1 Å². The van der Waals surface area contributed by atoms with Crippen molar-refractivity contribution in [2.75, 3.05) is 5.32 Å². The maximum Gasteiger partial charge on any atom is 0.178 e. The molecule has 6 nitrogen and oxygen atoms in total. The van der Waals surface area contributed by atoms with Crippen molar-refractivity contribution in [2.24, 2.45) is 0 Å². The zero-order valence-electron chi connectivity index (χ0n) is 10.1. The van der Waals surface area contributed by atoms with Crippen molar-refractivity contribution in [3.8, 4) is 5.82 Å². The maximum atomic E-state index is 4.32. The fraction of sp³-hybridized carbons (Fsp3) is 0.0769. The van der Waals surface area contributed by atoms with Crippen LogP contribution in [0, 0.1) is 0 Å². The van der Waals surface area contributed by atoms with Crippen LogP contribution in [0.5, 0.6) is 0 Å². The topological polar surface area (TPSA) is 68.5 Å². The van der Waals surface area contributed by atoms with E-state index in [1.807, 2.05) is 24.3 Å². The van der Waals surface area contributed by atoms with Gasteiger partial charge in [-0.3, -0.25) is 4.98 Å². The van der Waals surface area contributed by atoms with Crippen LogP contribution in [0.4, 0.5) is 5.69 Å². The van der Waals surface area contributed by atoms with E-state index in [4.69, 9.17) is 0 Å². The van der Waals surface area contributed by atoms with E-state index < -0.39 is 0 Å². The second-order valence-corrected chi connectivity index (χ2v) is 3.92. The highest BCUT2D eigenvalue weighted by molar-refractivity contribution is 5.56. The average Bonchev–Trinajstić information content (AvgIpc) is 3.01. The molecule has 0 saturated carbocycles. The van der Waals surface area contributed by atoms with Gasteiger partial charge in [-0.15, -0.1) is 0 Å². The Kier molecular flexibility index (Phi) is 3.14. The molecule has 0 fully saturated rings. The predicted molar refractivity (Wildman–Crippen MR) is 70.7 cm³/mol. The number of aromatic nitrogens is 5. The zero-order valence-corrected chi connectivity index (χ0v) is 10.1. The molecule has 0 spiro atoms. The number of nitrogens with one attached hydrogen (secondary N) is 1. The Labute approximate surface area is 110 Å². The molecule has 3 heterocycles. The molecule has 0 amide bonds. The molecule has 0 atom stereocenters. The fourth-order valence-corrected chi connectivity index (χ4v) is 1.73. The van der Waals surface area contributed by atoms with Crippen LogP contribution in [0.1, 0.15) is 5.56 Å². The van der Waals surface area contributed by atoms with Gasteiger partial charge in [-0.25, -0.2) is 14.6 Å². The van der Waals surface area contributed by atoms with Crippen molar-refractivity contribution in [1.82, 2.24) is 24.7 Å². The summed E-state index contributed by atoms with van der Waals surface area (Å²) in [7, 11) is 0. The summed E-state index contributed by atoms with van der Waals surface area (Å²) in [6.45, 7) is 0.704. The van der Waals surface area contributed by atoms with Crippen LogP contribution in [-0.4, -0.2) is 24.7 Å². The lowest BCUT2D eigenvalue weighted by atomic mass is 10.2. The second-order valence-electron chi connectivity index (χ2n) is 3.92. The van der Waals surface area contributed by atoms with E-state index in [1.165, 1.54) is 6.33 Å². The van der Waals surface area contributed by atoms with Crippen molar-refractivity contribution in [3.63, 3.8) is 0 Å². The van der Waals surface area contributed by atoms with Gasteiger partial charge in [0.05, 0.1) is 5.69 Å². The highest BCUT2D eigenvalue weighted by Gasteiger charge is 2.05. The van der Waals surface area contributed by atoms with Crippen LogP contribution in [0.15, 0.2) is 55.5 Å². The molecule has 0 bridgehead atoms. The van der Waals surface area contributed by atoms with Gasteiger partial charge in [0, 0.05) is 25.1 Å². The lowest BCUT2D eigenvalue weighted by Gasteiger charge is -2.10. The van der Waals surface area contributed by atoms with E-state index in [1.54, 1.807) is 29.6 Å². The highest BCUT2D eigenvalue weighted by atomic mass is 15.3. The Hall–Kier alpha value is -2.76. The van der Waals surface area contributed by atoms with Crippen molar-refractivity contribution < 1.29 is 0 Å². The predicted octanol–water partition coefficient (Wildman–Crippen LogP) is 1.67. The number of rotatable bonds is 4. The number of hydrogen-bond donors (Lipinski definition) is 1. The second kappa shape index (κ2) is 5.26. The normalized spacial score (nSPS) is 10.3. The van der Waals surface area contributed by atoms with Gasteiger partial charge in [0.2, 0.25) is 0 Å². The van der Waals surface area contributed by atoms with Crippen LogP contribution in [0.3, 0.4) is 0 Å². The molecule has 1 N–H and O–H groups in total. The van der Waals surface area contributed by atoms with Gasteiger partial charge in [-0.1, -0.05) is 0 Å². The summed E-state index contributed by atoms with van der Waals surface area (Å²) in [6.07, 6.45) is 8.40. The van der Waals surface area contributed by atoms with Gasteiger partial charge < -0.3 is 5.32 Å². The van der Waals surface area contributed by atoms with Gasteiger partial charge in [-0.05, 0) is 29.8 Å². The van der Waals surface area contributed by atoms with Crippen molar-refractivity contribution in [1.29, 1.82) is 0 Å². The molecule has 0 saturated heterocycles. The molecule has 0 aliphatic carbocycles.